The van der Waals surface area contributed by atoms with Gasteiger partial charge in [-0.2, -0.15) is 0 Å². The molecule has 0 aromatic rings. The lowest BCUT2D eigenvalue weighted by Crippen LogP contribution is -2.47. The van der Waals surface area contributed by atoms with Gasteiger partial charge in [0.2, 0.25) is 5.91 Å². The minimum Gasteiger partial charge on any atom is -0.456 e. The number of ether oxygens (including phenoxy) is 1. The first-order chi connectivity index (χ1) is 37.9. The summed E-state index contributed by atoms with van der Waals surface area (Å²) in [6.45, 7) is 6.93. The molecule has 0 saturated carbocycles. The number of phosphoric ester groups is 1. The van der Waals surface area contributed by atoms with E-state index >= 15 is 0 Å². The van der Waals surface area contributed by atoms with Crippen molar-refractivity contribution in [1.82, 2.24) is 5.32 Å². The number of unbranched alkanes of at least 4 members (excludes halogenated alkanes) is 30. The number of nitrogens with zero attached hydrogens (tertiary/aromatic N) is 1. The highest BCUT2D eigenvalue weighted by Crippen LogP contribution is 2.43. The molecule has 2 N–H and O–H groups in total. The van der Waals surface area contributed by atoms with E-state index < -0.39 is 20.0 Å². The molecule has 78 heavy (non-hydrogen) atoms. The van der Waals surface area contributed by atoms with Gasteiger partial charge in [-0.1, -0.05) is 254 Å². The molecule has 3 atom stereocenters. The summed E-state index contributed by atoms with van der Waals surface area (Å²) in [6.07, 6.45) is 75.9. The summed E-state index contributed by atoms with van der Waals surface area (Å²) >= 11 is 0. The molecular weight excluding hydrogens is 988 g/mol. The molecule has 0 fully saturated rings. The van der Waals surface area contributed by atoms with E-state index in [9.17, 15) is 19.0 Å². The third-order valence-electron chi connectivity index (χ3n) is 14.1. The lowest BCUT2D eigenvalue weighted by molar-refractivity contribution is -0.870. The lowest BCUT2D eigenvalue weighted by atomic mass is 10.0. The molecule has 0 rings (SSSR count). The minimum atomic E-state index is -4.47. The molecule has 0 heterocycles. The number of nitrogens with one attached hydrogen (secondary N) is 1. The zero-order valence-corrected chi connectivity index (χ0v) is 52.5. The van der Waals surface area contributed by atoms with Crippen LogP contribution in [-0.4, -0.2) is 74.3 Å². The average molecular weight is 1110 g/mol. The normalized spacial score (nSPS) is 14.2. The highest BCUT2D eigenvalue weighted by molar-refractivity contribution is 7.47. The average Bonchev–Trinajstić information content (AvgIpc) is 3.40. The van der Waals surface area contributed by atoms with E-state index in [0.717, 1.165) is 70.6 Å². The van der Waals surface area contributed by atoms with Crippen molar-refractivity contribution in [2.24, 2.45) is 0 Å². The maximum Gasteiger partial charge on any atom is 0.472 e. The summed E-state index contributed by atoms with van der Waals surface area (Å²) in [5, 5.41) is 3.02. The summed E-state index contributed by atoms with van der Waals surface area (Å²) in [6, 6.07) is -0.880. The molecule has 0 aliphatic carbocycles. The van der Waals surface area contributed by atoms with Crippen LogP contribution in [0, 0.1) is 0 Å². The van der Waals surface area contributed by atoms with Gasteiger partial charge in [0.05, 0.1) is 33.8 Å². The number of phosphoric acid groups is 1. The fourth-order valence-electron chi connectivity index (χ4n) is 9.02. The van der Waals surface area contributed by atoms with Crippen LogP contribution < -0.4 is 5.32 Å². The molecule has 0 aromatic heterocycles. The topological polar surface area (TPSA) is 111 Å². The molecule has 10 heteroatoms. The van der Waals surface area contributed by atoms with Crippen LogP contribution in [0.4, 0.5) is 0 Å². The summed E-state index contributed by atoms with van der Waals surface area (Å²) in [4.78, 5) is 37.7. The summed E-state index contributed by atoms with van der Waals surface area (Å²) < 4.78 is 30.7. The van der Waals surface area contributed by atoms with Crippen molar-refractivity contribution < 1.29 is 37.3 Å². The molecule has 3 unspecified atom stereocenters. The van der Waals surface area contributed by atoms with Gasteiger partial charge in [-0.15, -0.1) is 0 Å². The largest absolute Gasteiger partial charge is 0.472 e. The number of rotatable bonds is 58. The minimum absolute atomic E-state index is 0.0275. The molecule has 0 spiro atoms. The summed E-state index contributed by atoms with van der Waals surface area (Å²) in [5.74, 6) is -0.569. The molecule has 1 amide bonds. The van der Waals surface area contributed by atoms with Crippen LogP contribution in [0.3, 0.4) is 0 Å². The second kappa shape index (κ2) is 57.4. The highest BCUT2D eigenvalue weighted by Gasteiger charge is 2.30. The van der Waals surface area contributed by atoms with Gasteiger partial charge in [-0.25, -0.2) is 4.57 Å². The standard InChI is InChI=1S/C68H123N2O7P/c1-7-10-13-16-19-22-25-28-30-32-33-34-35-36-37-39-41-43-46-49-52-55-58-61-68(72)77-66(59-56-53-50-47-44-27-24-21-18-15-12-9-3)65(64-76-78(73,74)75-63-62-70(4,5)6)69-67(71)60-57-54-51-48-45-42-40-38-31-29-26-23-20-17-14-11-8-2/h19-20,22-23,28-31,40,42,48,51,56,59,65-66H,7-18,21,24-27,32-39,41,43-47,49-50,52-55,57-58,60-64H2,1-6H3,(H-,69,71,73,74)/p+1/b22-19-,23-20-,30-28-,31-29-,42-40-,51-48-,59-56-. The van der Waals surface area contributed by atoms with Crippen LogP contribution in [0.15, 0.2) is 85.1 Å². The Morgan fingerprint density at radius 3 is 1.22 bits per heavy atom. The maximum atomic E-state index is 13.5. The third kappa shape index (κ3) is 57.9. The van der Waals surface area contributed by atoms with Crippen LogP contribution in [0.1, 0.15) is 284 Å². The van der Waals surface area contributed by atoms with Gasteiger partial charge in [0.25, 0.3) is 0 Å². The Hall–Kier alpha value is -2.81. The predicted octanol–water partition coefficient (Wildman–Crippen LogP) is 20.2. The molecule has 0 radical (unpaired) electrons. The van der Waals surface area contributed by atoms with Crippen molar-refractivity contribution in [1.29, 1.82) is 0 Å². The first-order valence-corrected chi connectivity index (χ1v) is 33.9. The van der Waals surface area contributed by atoms with E-state index in [2.05, 4.69) is 99.0 Å². The Morgan fingerprint density at radius 2 is 0.795 bits per heavy atom. The fourth-order valence-corrected chi connectivity index (χ4v) is 9.76. The van der Waals surface area contributed by atoms with Crippen molar-refractivity contribution in [2.45, 2.75) is 296 Å². The Labute approximate surface area is 482 Å². The Morgan fingerprint density at radius 1 is 0.449 bits per heavy atom. The van der Waals surface area contributed by atoms with Crippen molar-refractivity contribution >= 4 is 19.7 Å². The number of carbonyl (C=O) groups excluding carboxylic acids is 2. The number of allylic oxidation sites excluding steroid dienone is 13. The van der Waals surface area contributed by atoms with Crippen LogP contribution in [-0.2, 0) is 27.9 Å². The van der Waals surface area contributed by atoms with Crippen molar-refractivity contribution in [3.8, 4) is 0 Å². The van der Waals surface area contributed by atoms with E-state index in [0.29, 0.717) is 17.4 Å². The second-order valence-corrected chi connectivity index (χ2v) is 24.4. The van der Waals surface area contributed by atoms with Gasteiger partial charge in [-0.05, 0) is 102 Å². The van der Waals surface area contributed by atoms with Gasteiger partial charge < -0.3 is 19.4 Å². The lowest BCUT2D eigenvalue weighted by Gasteiger charge is -2.27. The second-order valence-electron chi connectivity index (χ2n) is 22.9. The SMILES string of the molecule is CCCCC/C=C\C/C=C\C/C=C\C/C=C\CCCC(=O)NC(COP(=O)(O)OCC[N+](C)(C)C)C(/C=C\CCCCCCCCCCCC)OC(=O)CCCCCCCCCCCCCCC/C=C\C/C=C\CCCCC. The van der Waals surface area contributed by atoms with Crippen LogP contribution in [0.25, 0.3) is 0 Å². The Kier molecular flexibility index (Phi) is 55.4. The molecule has 0 aliphatic heterocycles. The van der Waals surface area contributed by atoms with Crippen molar-refractivity contribution in [3.05, 3.63) is 85.1 Å². The van der Waals surface area contributed by atoms with Crippen LogP contribution in [0.5, 0.6) is 0 Å². The fraction of sp³-hybridized carbons (Fsp3) is 0.765. The van der Waals surface area contributed by atoms with E-state index in [4.69, 9.17) is 13.8 Å². The maximum absolute atomic E-state index is 13.5. The number of esters is 1. The quantitative estimate of drug-likeness (QED) is 0.0205. The van der Waals surface area contributed by atoms with Gasteiger partial charge in [0.15, 0.2) is 0 Å². The molecule has 452 valence electrons. The van der Waals surface area contributed by atoms with E-state index in [1.165, 1.54) is 173 Å². The van der Waals surface area contributed by atoms with Crippen molar-refractivity contribution in [3.63, 3.8) is 0 Å². The molecular formula is C68H124N2O7P+. The van der Waals surface area contributed by atoms with E-state index in [1.54, 1.807) is 0 Å². The number of amides is 1. The monoisotopic (exact) mass is 1110 g/mol. The van der Waals surface area contributed by atoms with Crippen LogP contribution >= 0.6 is 7.82 Å². The Balaban J connectivity index is 5.24. The number of quaternary nitrogens is 1. The first-order valence-electron chi connectivity index (χ1n) is 32.4. The Bertz CT molecular complexity index is 1610. The predicted molar refractivity (Wildman–Crippen MR) is 337 cm³/mol. The number of hydrogen-bond acceptors (Lipinski definition) is 6. The zero-order valence-electron chi connectivity index (χ0n) is 51.6. The molecule has 0 bridgehead atoms. The van der Waals surface area contributed by atoms with E-state index in [-0.39, 0.29) is 37.9 Å². The number of hydrogen-bond donors (Lipinski definition) is 2. The number of likely N-dealkylation sites (N-methyl/N-ethyl adjacent to an activating group) is 1. The van der Waals surface area contributed by atoms with Gasteiger partial charge in [0, 0.05) is 12.8 Å². The molecule has 0 saturated heterocycles. The molecule has 9 nitrogen and oxygen atoms in total. The van der Waals surface area contributed by atoms with Crippen molar-refractivity contribution in [2.75, 3.05) is 40.9 Å². The smallest absolute Gasteiger partial charge is 0.456 e. The van der Waals surface area contributed by atoms with Crippen LogP contribution in [0.2, 0.25) is 0 Å². The number of carbonyl (C=O) groups is 2. The highest BCUT2D eigenvalue weighted by atomic mass is 31.2. The van der Waals surface area contributed by atoms with Gasteiger partial charge in [0.1, 0.15) is 19.3 Å². The van der Waals surface area contributed by atoms with Gasteiger partial charge >= 0.3 is 13.8 Å². The van der Waals surface area contributed by atoms with E-state index in [1.807, 2.05) is 33.3 Å². The first kappa shape index (κ1) is 75.2. The summed E-state index contributed by atoms with van der Waals surface area (Å²) in [7, 11) is 1.46. The third-order valence-corrected chi connectivity index (χ3v) is 15.0. The van der Waals surface area contributed by atoms with Gasteiger partial charge in [-0.3, -0.25) is 18.6 Å². The zero-order chi connectivity index (χ0) is 57.2. The molecule has 0 aliphatic rings. The molecule has 0 aromatic carbocycles. The summed E-state index contributed by atoms with van der Waals surface area (Å²) in [5.41, 5.74) is 0.